The van der Waals surface area contributed by atoms with Crippen LogP contribution in [0.5, 0.6) is 0 Å². The lowest BCUT2D eigenvalue weighted by Gasteiger charge is -2.07. The van der Waals surface area contributed by atoms with E-state index in [-0.39, 0.29) is 12.5 Å². The van der Waals surface area contributed by atoms with Crippen molar-refractivity contribution < 1.29 is 9.32 Å². The summed E-state index contributed by atoms with van der Waals surface area (Å²) in [4.78, 5) is 16.4. The summed E-state index contributed by atoms with van der Waals surface area (Å²) in [5, 5.41) is 7.56. The molecule has 6 nitrogen and oxygen atoms in total. The van der Waals surface area contributed by atoms with E-state index in [9.17, 15) is 4.79 Å². The molecular weight excluding hydrogens is 340 g/mol. The van der Waals surface area contributed by atoms with Gasteiger partial charge in [-0.2, -0.15) is 4.98 Å². The number of benzene rings is 1. The number of halogens is 1. The summed E-state index contributed by atoms with van der Waals surface area (Å²) in [5.41, 5.74) is 1.52. The number of hydrogen-bond donors (Lipinski definition) is 1. The van der Waals surface area contributed by atoms with Gasteiger partial charge in [0.1, 0.15) is 12.2 Å². The number of unbranched alkanes of at least 4 members (excludes halogenated alkanes) is 1. The second-order valence-electron chi connectivity index (χ2n) is 5.65. The summed E-state index contributed by atoms with van der Waals surface area (Å²) >= 11 is 5.89. The fraction of sp³-hybridized carbons (Fsp3) is 0.278. The Morgan fingerprint density at radius 3 is 2.84 bits per heavy atom. The smallest absolute Gasteiger partial charge is 0.274 e. The zero-order valence-electron chi connectivity index (χ0n) is 13.9. The highest BCUT2D eigenvalue weighted by molar-refractivity contribution is 6.30. The minimum Gasteiger partial charge on any atom is -0.355 e. The molecule has 2 aromatic heterocycles. The van der Waals surface area contributed by atoms with Gasteiger partial charge in [-0.05, 0) is 42.8 Å². The zero-order valence-corrected chi connectivity index (χ0v) is 14.7. The van der Waals surface area contributed by atoms with Crippen LogP contribution in [-0.2, 0) is 11.3 Å². The molecule has 1 aromatic carbocycles. The summed E-state index contributed by atoms with van der Waals surface area (Å²) in [6.07, 6.45) is 3.84. The third-order valence-electron chi connectivity index (χ3n) is 3.74. The molecule has 0 bridgehead atoms. The maximum absolute atomic E-state index is 12.0. The van der Waals surface area contributed by atoms with E-state index in [2.05, 4.69) is 22.4 Å². The molecule has 0 radical (unpaired) electrons. The Morgan fingerprint density at radius 1 is 1.28 bits per heavy atom. The Morgan fingerprint density at radius 2 is 2.08 bits per heavy atom. The molecule has 0 atom stereocenters. The predicted molar refractivity (Wildman–Crippen MR) is 96.1 cm³/mol. The number of carbonyl (C=O) groups is 1. The number of hydrogen-bond acceptors (Lipinski definition) is 4. The van der Waals surface area contributed by atoms with E-state index < -0.39 is 0 Å². The Kier molecular flexibility index (Phi) is 5.50. The van der Waals surface area contributed by atoms with Crippen LogP contribution in [-0.4, -0.2) is 27.2 Å². The van der Waals surface area contributed by atoms with E-state index in [4.69, 9.17) is 16.1 Å². The van der Waals surface area contributed by atoms with Crippen molar-refractivity contribution in [3.63, 3.8) is 0 Å². The van der Waals surface area contributed by atoms with E-state index in [0.717, 1.165) is 18.4 Å². The Balaban J connectivity index is 1.74. The minimum atomic E-state index is -0.0386. The van der Waals surface area contributed by atoms with Crippen LogP contribution in [0.25, 0.3) is 23.0 Å². The van der Waals surface area contributed by atoms with Gasteiger partial charge in [0.25, 0.3) is 5.89 Å². The van der Waals surface area contributed by atoms with Gasteiger partial charge in [-0.1, -0.05) is 30.1 Å². The SMILES string of the molecule is CCCCNC(=O)Cn1cccc1-c1nc(-c2ccc(Cl)cc2)no1. The molecule has 0 aliphatic rings. The van der Waals surface area contributed by atoms with Gasteiger partial charge in [-0.3, -0.25) is 4.79 Å². The molecule has 0 aliphatic carbocycles. The van der Waals surface area contributed by atoms with Gasteiger partial charge in [0.2, 0.25) is 11.7 Å². The second-order valence-corrected chi connectivity index (χ2v) is 6.09. The number of aromatic nitrogens is 3. The summed E-state index contributed by atoms with van der Waals surface area (Å²) < 4.78 is 7.16. The van der Waals surface area contributed by atoms with E-state index in [0.29, 0.717) is 29.0 Å². The molecule has 0 saturated heterocycles. The van der Waals surface area contributed by atoms with Gasteiger partial charge in [-0.15, -0.1) is 0 Å². The van der Waals surface area contributed by atoms with Gasteiger partial charge in [-0.25, -0.2) is 0 Å². The molecular formula is C18H19ClN4O2. The molecule has 2 heterocycles. The first-order valence-corrected chi connectivity index (χ1v) is 8.57. The molecule has 7 heteroatoms. The maximum Gasteiger partial charge on any atom is 0.274 e. The van der Waals surface area contributed by atoms with Gasteiger partial charge in [0.05, 0.1) is 0 Å². The quantitative estimate of drug-likeness (QED) is 0.652. The Hall–Kier alpha value is -2.60. The van der Waals surface area contributed by atoms with Gasteiger partial charge in [0, 0.05) is 23.3 Å². The molecule has 0 aliphatic heterocycles. The topological polar surface area (TPSA) is 73.0 Å². The molecule has 0 spiro atoms. The normalized spacial score (nSPS) is 10.8. The number of nitrogens with one attached hydrogen (secondary N) is 1. The van der Waals surface area contributed by atoms with Crippen molar-refractivity contribution in [2.75, 3.05) is 6.54 Å². The average molecular weight is 359 g/mol. The van der Waals surface area contributed by atoms with Gasteiger partial charge < -0.3 is 14.4 Å². The third kappa shape index (κ3) is 4.28. The van der Waals surface area contributed by atoms with Crippen molar-refractivity contribution in [2.24, 2.45) is 0 Å². The standard InChI is InChI=1S/C18H19ClN4O2/c1-2-3-10-20-16(24)12-23-11-4-5-15(23)18-21-17(22-25-18)13-6-8-14(19)9-7-13/h4-9,11H,2-3,10,12H2,1H3,(H,20,24). The Labute approximate surface area is 150 Å². The first-order chi connectivity index (χ1) is 12.2. The van der Waals surface area contributed by atoms with Crippen LogP contribution in [0.4, 0.5) is 0 Å². The predicted octanol–water partition coefficient (Wildman–Crippen LogP) is 3.77. The lowest BCUT2D eigenvalue weighted by molar-refractivity contribution is -0.121. The van der Waals surface area contributed by atoms with Gasteiger partial charge >= 0.3 is 0 Å². The Bertz CT molecular complexity index is 839. The number of rotatable bonds is 7. The van der Waals surface area contributed by atoms with E-state index >= 15 is 0 Å². The average Bonchev–Trinajstić information content (AvgIpc) is 3.25. The lowest BCUT2D eigenvalue weighted by atomic mass is 10.2. The highest BCUT2D eigenvalue weighted by atomic mass is 35.5. The maximum atomic E-state index is 12.0. The van der Waals surface area contributed by atoms with Crippen molar-refractivity contribution in [3.8, 4) is 23.0 Å². The fourth-order valence-corrected chi connectivity index (χ4v) is 2.53. The molecule has 1 N–H and O–H groups in total. The largest absolute Gasteiger partial charge is 0.355 e. The molecule has 0 fully saturated rings. The number of carbonyl (C=O) groups excluding carboxylic acids is 1. The van der Waals surface area contributed by atoms with Gasteiger partial charge in [0.15, 0.2) is 0 Å². The van der Waals surface area contributed by atoms with Crippen LogP contribution in [0, 0.1) is 0 Å². The number of amides is 1. The molecule has 1 amide bonds. The van der Waals surface area contributed by atoms with Crippen LogP contribution < -0.4 is 5.32 Å². The summed E-state index contributed by atoms with van der Waals surface area (Å²) in [6.45, 7) is 2.99. The molecule has 3 rings (SSSR count). The first kappa shape index (κ1) is 17.2. The fourth-order valence-electron chi connectivity index (χ4n) is 2.41. The highest BCUT2D eigenvalue weighted by Crippen LogP contribution is 2.23. The monoisotopic (exact) mass is 358 g/mol. The van der Waals surface area contributed by atoms with E-state index in [1.54, 1.807) is 16.7 Å². The molecule has 0 unspecified atom stereocenters. The summed E-state index contributed by atoms with van der Waals surface area (Å²) in [6, 6.07) is 10.9. The van der Waals surface area contributed by atoms with Crippen molar-refractivity contribution in [3.05, 3.63) is 47.6 Å². The van der Waals surface area contributed by atoms with E-state index in [1.807, 2.05) is 30.5 Å². The van der Waals surface area contributed by atoms with Crippen molar-refractivity contribution in [1.29, 1.82) is 0 Å². The molecule has 0 saturated carbocycles. The first-order valence-electron chi connectivity index (χ1n) is 8.19. The van der Waals surface area contributed by atoms with Crippen LogP contribution in [0.3, 0.4) is 0 Å². The van der Waals surface area contributed by atoms with Crippen LogP contribution in [0.2, 0.25) is 5.02 Å². The van der Waals surface area contributed by atoms with Crippen molar-refractivity contribution in [2.45, 2.75) is 26.3 Å². The minimum absolute atomic E-state index is 0.0386. The molecule has 130 valence electrons. The van der Waals surface area contributed by atoms with Crippen molar-refractivity contribution in [1.82, 2.24) is 20.0 Å². The third-order valence-corrected chi connectivity index (χ3v) is 4.00. The molecule has 25 heavy (non-hydrogen) atoms. The summed E-state index contributed by atoms with van der Waals surface area (Å²) in [5.74, 6) is 0.812. The van der Waals surface area contributed by atoms with Crippen LogP contribution in [0.15, 0.2) is 47.1 Å². The van der Waals surface area contributed by atoms with Crippen LogP contribution >= 0.6 is 11.6 Å². The molecule has 3 aromatic rings. The number of nitrogens with zero attached hydrogens (tertiary/aromatic N) is 3. The zero-order chi connectivity index (χ0) is 17.6. The second kappa shape index (κ2) is 7.98. The van der Waals surface area contributed by atoms with E-state index in [1.165, 1.54) is 0 Å². The summed E-state index contributed by atoms with van der Waals surface area (Å²) in [7, 11) is 0. The van der Waals surface area contributed by atoms with Crippen molar-refractivity contribution >= 4 is 17.5 Å². The van der Waals surface area contributed by atoms with Crippen LogP contribution in [0.1, 0.15) is 19.8 Å². The highest BCUT2D eigenvalue weighted by Gasteiger charge is 2.15. The lowest BCUT2D eigenvalue weighted by Crippen LogP contribution is -2.28.